The summed E-state index contributed by atoms with van der Waals surface area (Å²) < 4.78 is 5.93. The first-order valence-electron chi connectivity index (χ1n) is 9.08. The molecule has 0 atom stereocenters. The highest BCUT2D eigenvalue weighted by Gasteiger charge is 2.40. The number of carboxylic acids is 2. The summed E-state index contributed by atoms with van der Waals surface area (Å²) >= 11 is 0. The maximum atomic E-state index is 11.8. The molecule has 2 saturated heterocycles. The van der Waals surface area contributed by atoms with Crippen LogP contribution in [0.1, 0.15) is 29.6 Å². The minimum atomic E-state index is -1.26. The van der Waals surface area contributed by atoms with Gasteiger partial charge in [0.15, 0.2) is 0 Å². The van der Waals surface area contributed by atoms with Crippen LogP contribution in [0.3, 0.4) is 0 Å². The number of carboxylic acid groups (broad SMARTS) is 2. The van der Waals surface area contributed by atoms with Crippen LogP contribution in [-0.4, -0.2) is 71.1 Å². The molecule has 0 radical (unpaired) electrons. The predicted octanol–water partition coefficient (Wildman–Crippen LogP) is 1.80. The van der Waals surface area contributed by atoms with Crippen molar-refractivity contribution in [2.24, 2.45) is 5.16 Å². The molecule has 9 nitrogen and oxygen atoms in total. The largest absolute Gasteiger partial charge is 0.478 e. The summed E-state index contributed by atoms with van der Waals surface area (Å²) in [7, 11) is 2.12. The highest BCUT2D eigenvalue weighted by molar-refractivity contribution is 5.92. The van der Waals surface area contributed by atoms with Crippen molar-refractivity contribution in [2.75, 3.05) is 26.7 Å². The van der Waals surface area contributed by atoms with Gasteiger partial charge in [0, 0.05) is 31.7 Å². The lowest BCUT2D eigenvalue weighted by molar-refractivity contribution is -0.134. The molecule has 0 aromatic heterocycles. The Hall–Kier alpha value is -3.04. The Bertz CT molecular complexity index is 765. The number of benzene rings is 1. The van der Waals surface area contributed by atoms with Gasteiger partial charge in [-0.05, 0) is 32.0 Å². The lowest BCUT2D eigenvalue weighted by Gasteiger charge is -2.36. The van der Waals surface area contributed by atoms with Crippen LogP contribution in [-0.2, 0) is 19.2 Å². The van der Waals surface area contributed by atoms with Gasteiger partial charge in [-0.2, -0.15) is 0 Å². The SMILES string of the molecule is CN1CCC2(CC1)CC(=NOC(=O)c1ccccc1)CO2.O=C(O)/C=C\C(=O)O. The molecular weight excluding hydrogens is 380 g/mol. The molecule has 1 aromatic rings. The zero-order valence-corrected chi connectivity index (χ0v) is 16.1. The van der Waals surface area contributed by atoms with Crippen molar-refractivity contribution >= 4 is 23.6 Å². The molecular formula is C20H24N2O7. The Morgan fingerprint density at radius 3 is 2.24 bits per heavy atom. The Labute approximate surface area is 168 Å². The first kappa shape index (κ1) is 22.3. The summed E-state index contributed by atoms with van der Waals surface area (Å²) in [5.41, 5.74) is 1.24. The van der Waals surface area contributed by atoms with Gasteiger partial charge in [0.25, 0.3) is 0 Å². The Kier molecular flexibility index (Phi) is 8.05. The maximum absolute atomic E-state index is 11.8. The standard InChI is InChI=1S/C16H20N2O3.C4H4O4/c1-18-9-7-16(8-10-18)11-14(12-20-16)17-21-15(19)13-5-3-2-4-6-13;5-3(6)1-2-4(7)8/h2-6H,7-12H2,1H3;1-2H,(H,5,6)(H,7,8)/b;2-1-. The molecule has 0 amide bonds. The minimum Gasteiger partial charge on any atom is -0.478 e. The molecule has 0 saturated carbocycles. The summed E-state index contributed by atoms with van der Waals surface area (Å²) in [6, 6.07) is 8.89. The van der Waals surface area contributed by atoms with E-state index in [0.29, 0.717) is 24.3 Å². The molecule has 3 rings (SSSR count). The van der Waals surface area contributed by atoms with Crippen molar-refractivity contribution in [3.05, 3.63) is 48.0 Å². The van der Waals surface area contributed by atoms with E-state index in [9.17, 15) is 14.4 Å². The molecule has 2 aliphatic heterocycles. The van der Waals surface area contributed by atoms with Gasteiger partial charge in [-0.1, -0.05) is 23.4 Å². The lowest BCUT2D eigenvalue weighted by atomic mass is 9.88. The molecule has 2 N–H and O–H groups in total. The first-order valence-corrected chi connectivity index (χ1v) is 9.08. The molecule has 1 aromatic carbocycles. The van der Waals surface area contributed by atoms with Crippen LogP contribution in [0.4, 0.5) is 0 Å². The van der Waals surface area contributed by atoms with Crippen molar-refractivity contribution in [1.82, 2.24) is 4.90 Å². The fourth-order valence-electron chi connectivity index (χ4n) is 2.99. The molecule has 2 fully saturated rings. The third kappa shape index (κ3) is 7.47. The van der Waals surface area contributed by atoms with Crippen LogP contribution in [0.15, 0.2) is 47.6 Å². The average Bonchev–Trinajstić information content (AvgIpc) is 3.11. The second kappa shape index (κ2) is 10.5. The smallest absolute Gasteiger partial charge is 0.365 e. The number of oxime groups is 1. The molecule has 29 heavy (non-hydrogen) atoms. The second-order valence-corrected chi connectivity index (χ2v) is 6.86. The zero-order valence-electron chi connectivity index (χ0n) is 16.1. The highest BCUT2D eigenvalue weighted by atomic mass is 16.7. The topological polar surface area (TPSA) is 126 Å². The molecule has 1 spiro atoms. The third-order valence-electron chi connectivity index (χ3n) is 4.61. The van der Waals surface area contributed by atoms with Crippen molar-refractivity contribution in [1.29, 1.82) is 0 Å². The Morgan fingerprint density at radius 2 is 1.69 bits per heavy atom. The summed E-state index contributed by atoms with van der Waals surface area (Å²) in [6.45, 7) is 2.54. The second-order valence-electron chi connectivity index (χ2n) is 6.86. The number of piperidine rings is 1. The van der Waals surface area contributed by atoms with Gasteiger partial charge in [-0.15, -0.1) is 0 Å². The number of carbonyl (C=O) groups is 3. The number of hydrogen-bond donors (Lipinski definition) is 2. The summed E-state index contributed by atoms with van der Waals surface area (Å²) in [5, 5.41) is 19.6. The quantitative estimate of drug-likeness (QED) is 0.442. The number of ether oxygens (including phenoxy) is 1. The van der Waals surface area contributed by atoms with Crippen molar-refractivity contribution in [3.63, 3.8) is 0 Å². The molecule has 2 aliphatic rings. The van der Waals surface area contributed by atoms with E-state index in [2.05, 4.69) is 17.1 Å². The van der Waals surface area contributed by atoms with E-state index >= 15 is 0 Å². The van der Waals surface area contributed by atoms with Crippen LogP contribution in [0.25, 0.3) is 0 Å². The summed E-state index contributed by atoms with van der Waals surface area (Å²) in [6.07, 6.45) is 3.90. The van der Waals surface area contributed by atoms with E-state index in [-0.39, 0.29) is 5.60 Å². The van der Waals surface area contributed by atoms with Crippen molar-refractivity contribution in [2.45, 2.75) is 24.9 Å². The molecule has 156 valence electrons. The Morgan fingerprint density at radius 1 is 1.10 bits per heavy atom. The van der Waals surface area contributed by atoms with Gasteiger partial charge < -0.3 is 24.7 Å². The predicted molar refractivity (Wildman–Crippen MR) is 104 cm³/mol. The summed E-state index contributed by atoms with van der Waals surface area (Å²) in [5.74, 6) is -2.94. The first-order chi connectivity index (χ1) is 13.8. The van der Waals surface area contributed by atoms with Gasteiger partial charge in [0.2, 0.25) is 0 Å². The van der Waals surface area contributed by atoms with E-state index < -0.39 is 17.9 Å². The number of hydrogen-bond acceptors (Lipinski definition) is 7. The molecule has 9 heteroatoms. The zero-order chi connectivity index (χ0) is 21.3. The maximum Gasteiger partial charge on any atom is 0.365 e. The minimum absolute atomic E-state index is 0.0928. The average molecular weight is 404 g/mol. The van der Waals surface area contributed by atoms with E-state index in [1.54, 1.807) is 24.3 Å². The van der Waals surface area contributed by atoms with E-state index in [0.717, 1.165) is 38.1 Å². The van der Waals surface area contributed by atoms with Gasteiger partial charge in [0.1, 0.15) is 0 Å². The van der Waals surface area contributed by atoms with Crippen LogP contribution in [0.2, 0.25) is 0 Å². The van der Waals surface area contributed by atoms with Gasteiger partial charge in [-0.25, -0.2) is 14.4 Å². The molecule has 0 aliphatic carbocycles. The number of likely N-dealkylation sites (tertiary alicyclic amines) is 1. The van der Waals surface area contributed by atoms with E-state index in [1.165, 1.54) is 0 Å². The van der Waals surface area contributed by atoms with E-state index in [4.69, 9.17) is 19.8 Å². The van der Waals surface area contributed by atoms with Crippen LogP contribution in [0.5, 0.6) is 0 Å². The van der Waals surface area contributed by atoms with Crippen LogP contribution in [0, 0.1) is 0 Å². The monoisotopic (exact) mass is 404 g/mol. The highest BCUT2D eigenvalue weighted by Crippen LogP contribution is 2.34. The van der Waals surface area contributed by atoms with Crippen LogP contribution >= 0.6 is 0 Å². The lowest BCUT2D eigenvalue weighted by Crippen LogP contribution is -2.42. The number of carbonyl (C=O) groups excluding carboxylic acids is 1. The Balaban J connectivity index is 0.000000321. The van der Waals surface area contributed by atoms with Gasteiger partial charge >= 0.3 is 17.9 Å². The van der Waals surface area contributed by atoms with Gasteiger partial charge in [-0.3, -0.25) is 0 Å². The van der Waals surface area contributed by atoms with E-state index in [1.807, 2.05) is 6.07 Å². The molecule has 0 bridgehead atoms. The molecule has 2 heterocycles. The molecule has 0 unspecified atom stereocenters. The fourth-order valence-corrected chi connectivity index (χ4v) is 2.99. The third-order valence-corrected chi connectivity index (χ3v) is 4.61. The van der Waals surface area contributed by atoms with Gasteiger partial charge in [0.05, 0.1) is 23.5 Å². The number of nitrogens with zero attached hydrogens (tertiary/aromatic N) is 2. The normalized spacial score (nSPS) is 19.7. The summed E-state index contributed by atoms with van der Waals surface area (Å²) in [4.78, 5) is 38.3. The van der Waals surface area contributed by atoms with Crippen molar-refractivity contribution < 1.29 is 34.2 Å². The number of rotatable bonds is 4. The van der Waals surface area contributed by atoms with Crippen LogP contribution < -0.4 is 0 Å². The number of aliphatic carboxylic acids is 2. The van der Waals surface area contributed by atoms with Crippen molar-refractivity contribution in [3.8, 4) is 0 Å². The fraction of sp³-hybridized carbons (Fsp3) is 0.400.